The number of methoxy groups -OCH3 is 9. The zero-order valence-corrected chi connectivity index (χ0v) is 87.9. The van der Waals surface area contributed by atoms with Crippen LogP contribution in [0.4, 0.5) is 11.9 Å². The van der Waals surface area contributed by atoms with Crippen LogP contribution >= 0.6 is 92.8 Å². The number of carbonyl (C=O) groups excluding carboxylic acids is 7. The van der Waals surface area contributed by atoms with Crippen LogP contribution in [0.3, 0.4) is 0 Å². The smallest absolute Gasteiger partial charge is 0.308 e. The molecule has 9 atom stereocenters. The van der Waals surface area contributed by atoms with E-state index in [0.29, 0.717) is 214 Å². The number of amides is 6. The van der Waals surface area contributed by atoms with Crippen LogP contribution in [0, 0.1) is 17.8 Å². The van der Waals surface area contributed by atoms with Crippen molar-refractivity contribution in [2.45, 2.75) is 61.9 Å². The first-order valence-corrected chi connectivity index (χ1v) is 49.0. The van der Waals surface area contributed by atoms with Gasteiger partial charge in [-0.2, -0.15) is 0 Å². The predicted molar refractivity (Wildman–Crippen MR) is 574 cm³/mol. The maximum Gasteiger partial charge on any atom is 0.308 e. The molecule has 3 saturated heterocycles. The topological polar surface area (TPSA) is 460 Å². The predicted octanol–water partition coefficient (Wildman–Crippen LogP) is 15.1. The number of halogens is 8. The number of anilines is 2. The van der Waals surface area contributed by atoms with Crippen molar-refractivity contribution >= 4 is 190 Å². The summed E-state index contributed by atoms with van der Waals surface area (Å²) in [7, 11) is 13.6. The van der Waals surface area contributed by atoms with E-state index in [2.05, 4.69) is 94.7 Å². The van der Waals surface area contributed by atoms with Gasteiger partial charge in [-0.3, -0.25) is 33.6 Å². The molecule has 6 amide bonds. The number of esters is 1. The van der Waals surface area contributed by atoms with Gasteiger partial charge in [-0.1, -0.05) is 150 Å². The molecule has 1 saturated carbocycles. The Labute approximate surface area is 892 Å². The summed E-state index contributed by atoms with van der Waals surface area (Å²) < 4.78 is 48.0. The number of carbonyl (C=O) groups is 7. The Morgan fingerprint density at radius 1 is 0.372 bits per heavy atom. The molecular weight excluding hydrogens is 2070 g/mol. The highest BCUT2D eigenvalue weighted by Crippen LogP contribution is 2.52. The molecular formula is C104H107Cl8N19O17. The van der Waals surface area contributed by atoms with E-state index in [1.165, 1.54) is 88.3 Å². The van der Waals surface area contributed by atoms with Gasteiger partial charge in [-0.25, -0.2) is 39.9 Å². The maximum atomic E-state index is 12.1. The van der Waals surface area contributed by atoms with Gasteiger partial charge in [0.25, 0.3) is 0 Å². The number of likely N-dealkylation sites (tertiary alicyclic amines) is 3. The van der Waals surface area contributed by atoms with Gasteiger partial charge < -0.3 is 106 Å². The van der Waals surface area contributed by atoms with Crippen molar-refractivity contribution in [3.05, 3.63) is 237 Å². The fraction of sp³-hybridized carbons (Fsp3) is 0.298. The average Bonchev–Trinajstić information content (AvgIpc) is 1.16. The summed E-state index contributed by atoms with van der Waals surface area (Å²) in [5.74, 6) is 3.36. The number of ether oxygens (including phenoxy) is 9. The highest BCUT2D eigenvalue weighted by atomic mass is 35.5. The second-order valence-corrected chi connectivity index (χ2v) is 37.2. The van der Waals surface area contributed by atoms with Crippen molar-refractivity contribution in [1.29, 1.82) is 0 Å². The monoisotopic (exact) mass is 2170 g/mol. The number of aliphatic hydroxyl groups excluding tert-OH is 1. The lowest BCUT2D eigenvalue weighted by Crippen LogP contribution is -2.45. The minimum atomic E-state index is -0.366. The number of nitrogens with one attached hydrogen (secondary N) is 6. The molecule has 148 heavy (non-hydrogen) atoms. The average molecular weight is 2180 g/mol. The second kappa shape index (κ2) is 50.7. The van der Waals surface area contributed by atoms with Crippen LogP contribution in [0.1, 0.15) is 24.5 Å². The molecule has 0 bridgehead atoms. The molecule has 36 nitrogen and oxygen atoms in total. The largest absolute Gasteiger partial charge is 0.495 e. The van der Waals surface area contributed by atoms with Crippen molar-refractivity contribution in [2.75, 3.05) is 134 Å². The zero-order chi connectivity index (χ0) is 107. The summed E-state index contributed by atoms with van der Waals surface area (Å²) in [5, 5.41) is 33.6. The third-order valence-corrected chi connectivity index (χ3v) is 28.4. The van der Waals surface area contributed by atoms with Crippen LogP contribution in [0.5, 0.6) is 46.0 Å². The van der Waals surface area contributed by atoms with E-state index in [1.54, 1.807) is 58.9 Å². The van der Waals surface area contributed by atoms with E-state index in [1.807, 2.05) is 77.7 Å². The Hall–Kier alpha value is -13.9. The van der Waals surface area contributed by atoms with E-state index >= 15 is 0 Å². The summed E-state index contributed by atoms with van der Waals surface area (Å²) >= 11 is 52.7. The summed E-state index contributed by atoms with van der Waals surface area (Å²) in [4.78, 5) is 126. The highest BCUT2D eigenvalue weighted by Gasteiger charge is 2.42. The Balaban J connectivity index is 0.000000165. The van der Waals surface area contributed by atoms with Gasteiger partial charge in [0.05, 0.1) is 182 Å². The maximum absolute atomic E-state index is 12.1. The van der Waals surface area contributed by atoms with Crippen molar-refractivity contribution < 1.29 is 81.3 Å². The second-order valence-electron chi connectivity index (χ2n) is 34.2. The number of nitrogens with zero attached hydrogens (tertiary/aromatic N) is 11. The standard InChI is InChI=1S/C27H28Cl2N4O4.C27H27Cl2N3O5.2C25H26Cl2N6O4/c1-5-24(35)32-20-13-33(15(2)14-34)12-18(20)9-23-30-11-17-8-16(6-7-19(17)31-23)25-26(28)21(36-3)10-22(37-4)27(25)29;1-5-23(33)32-19-10-16(27(34)37-4)9-15(19)11-22-30-13-17-8-14(6-7-18(17)31-22)24-25(28)20(35-2)12-21(36-3)26(24)29;2*1-4-20(34)30-16-11-33(21(35)9-28)12-17(16)32-25-29-10-14-7-13(5-6-15(14)31-25)22-23(26)18(36-2)8-19(37-3)24(22)27/h5-8,10-11,18,20,34H,1-2,9,12-14H2,3-4H3,(H,32,35);5-8,12-13,15-16,19H,1,9-11H2,2-4H3,(H,32,33);2*4-8,10,16-17H,1,9,11-12,28H2,2-3H3,(H,30,34)(H,29,31,32)/t18-,20?;15-,16-,19-;16-,17+;/m100./s1. The zero-order valence-electron chi connectivity index (χ0n) is 81.9. The van der Waals surface area contributed by atoms with Crippen molar-refractivity contribution in [2.24, 2.45) is 29.2 Å². The first-order chi connectivity index (χ1) is 71.1. The van der Waals surface area contributed by atoms with Gasteiger partial charge in [0.15, 0.2) is 0 Å². The molecule has 8 aromatic carbocycles. The van der Waals surface area contributed by atoms with Crippen LogP contribution in [0.25, 0.3) is 88.1 Å². The Morgan fingerprint density at radius 3 is 0.953 bits per heavy atom. The number of fused-ring (bicyclic) bond motifs is 4. The molecule has 4 aromatic heterocycles. The molecule has 4 fully saturated rings. The molecule has 776 valence electrons. The van der Waals surface area contributed by atoms with Gasteiger partial charge in [0.2, 0.25) is 47.3 Å². The van der Waals surface area contributed by atoms with E-state index in [4.69, 9.17) is 157 Å². The Morgan fingerprint density at radius 2 is 0.655 bits per heavy atom. The summed E-state index contributed by atoms with van der Waals surface area (Å²) in [6, 6.07) is 27.2. The summed E-state index contributed by atoms with van der Waals surface area (Å²) in [6.07, 6.45) is 13.8. The first kappa shape index (κ1) is 111. The highest BCUT2D eigenvalue weighted by molar-refractivity contribution is 6.43. The normalized spacial score (nSPS) is 17.5. The number of aromatic nitrogens is 8. The minimum absolute atomic E-state index is 0.0217. The molecule has 0 radical (unpaired) electrons. The van der Waals surface area contributed by atoms with Gasteiger partial charge in [0.1, 0.15) is 57.6 Å². The lowest BCUT2D eigenvalue weighted by Gasteiger charge is -2.20. The van der Waals surface area contributed by atoms with Gasteiger partial charge in [-0.15, -0.1) is 0 Å². The SMILES string of the molecule is C=CC(=O)NC1CN(C(=C)CO)C[C@H]1Cc1ncc2cc(-c3c(Cl)c(OC)cc(OC)c3Cl)ccc2n1.C=CC(=O)NC1CN(C(=O)CN)CC1Nc1ncc2cc(-c3c(Cl)c(OC)cc(OC)c3Cl)ccc2n1.C=CC(=O)N[C@H]1CN(C(=O)CN)C[C@H]1Nc1ncc2cc(-c3c(Cl)c(OC)cc(OC)c3Cl)ccc2n1.C=CC(=O)N[C@H]1C[C@@H](C(=O)OC)C[C@H]1Cc1ncc2cc(-c3c(Cl)c(OC)cc(OC)c3Cl)ccc2n1. The van der Waals surface area contributed by atoms with Gasteiger partial charge >= 0.3 is 5.97 Å². The number of hydrogen-bond donors (Lipinski definition) is 9. The lowest BCUT2D eigenvalue weighted by atomic mass is 9.98. The van der Waals surface area contributed by atoms with Crippen LogP contribution in [0.15, 0.2) is 185 Å². The Kier molecular flexibility index (Phi) is 38.1. The molecule has 0 spiro atoms. The van der Waals surface area contributed by atoms with E-state index in [0.717, 1.165) is 54.8 Å². The lowest BCUT2D eigenvalue weighted by molar-refractivity contribution is -0.145. The molecule has 4 aliphatic rings. The minimum Gasteiger partial charge on any atom is -0.495 e. The molecule has 3 unspecified atom stereocenters. The van der Waals surface area contributed by atoms with Crippen molar-refractivity contribution in [3.63, 3.8) is 0 Å². The number of rotatable bonds is 33. The summed E-state index contributed by atoms with van der Waals surface area (Å²) in [6.45, 7) is 20.1. The molecule has 3 aliphatic heterocycles. The van der Waals surface area contributed by atoms with Crippen LogP contribution in [0.2, 0.25) is 40.2 Å². The molecule has 16 rings (SSSR count). The van der Waals surface area contributed by atoms with Crippen molar-refractivity contribution in [3.8, 4) is 90.5 Å². The third-order valence-electron chi connectivity index (χ3n) is 25.4. The fourth-order valence-electron chi connectivity index (χ4n) is 17.8. The van der Waals surface area contributed by atoms with E-state index in [9.17, 15) is 38.7 Å². The number of aliphatic hydroxyl groups is 1. The molecule has 12 aromatic rings. The summed E-state index contributed by atoms with van der Waals surface area (Å²) in [5.41, 5.74) is 19.8. The van der Waals surface area contributed by atoms with E-state index in [-0.39, 0.29) is 115 Å². The molecule has 7 heterocycles. The quantitative estimate of drug-likeness (QED) is 0.0136. The van der Waals surface area contributed by atoms with Crippen molar-refractivity contribution in [1.82, 2.24) is 75.8 Å². The van der Waals surface area contributed by atoms with Gasteiger partial charge in [-0.05, 0) is 114 Å². The molecule has 11 N–H and O–H groups in total. The van der Waals surface area contributed by atoms with Crippen LogP contribution in [-0.2, 0) is 51.1 Å². The third kappa shape index (κ3) is 25.6. The molecule has 44 heteroatoms. The number of nitrogens with two attached hydrogens (primary N) is 2. The van der Waals surface area contributed by atoms with Crippen LogP contribution < -0.4 is 81.3 Å². The van der Waals surface area contributed by atoms with E-state index < -0.39 is 0 Å². The molecule has 1 aliphatic carbocycles. The number of benzene rings is 8. The fourth-order valence-corrected chi connectivity index (χ4v) is 20.7. The Bertz CT molecular complexity index is 6180. The van der Waals surface area contributed by atoms with Gasteiger partial charge in [0, 0.05) is 163 Å². The van der Waals surface area contributed by atoms with Crippen LogP contribution in [-0.4, -0.2) is 260 Å². The first-order valence-electron chi connectivity index (χ1n) is 45.9. The number of hydrogen-bond acceptors (Lipinski definition) is 30.